The van der Waals surface area contributed by atoms with Gasteiger partial charge in [-0.25, -0.2) is 12.7 Å². The molecule has 0 saturated carbocycles. The Balaban J connectivity index is 1.86. The van der Waals surface area contributed by atoms with E-state index in [0.29, 0.717) is 24.6 Å². The topological polar surface area (TPSA) is 74.8 Å². The first-order valence-electron chi connectivity index (χ1n) is 8.36. The molecule has 0 bridgehead atoms. The van der Waals surface area contributed by atoms with Crippen LogP contribution < -0.4 is 4.31 Å². The Morgan fingerprint density at radius 1 is 1.20 bits per heavy atom. The van der Waals surface area contributed by atoms with Crippen molar-refractivity contribution in [3.8, 4) is 0 Å². The minimum Gasteiger partial charge on any atom is -0.339 e. The predicted molar refractivity (Wildman–Crippen MR) is 96.2 cm³/mol. The first kappa shape index (κ1) is 18.2. The fraction of sp³-hybridized carbons (Fsp3) is 0.529. The minimum atomic E-state index is -3.69. The van der Waals surface area contributed by atoms with Crippen molar-refractivity contribution in [3.05, 3.63) is 28.8 Å². The number of carbonyl (C=O) groups excluding carboxylic acids is 2. The van der Waals surface area contributed by atoms with E-state index in [1.54, 1.807) is 11.8 Å². The number of sulfonamides is 1. The molecule has 8 heteroatoms. The molecule has 2 saturated heterocycles. The van der Waals surface area contributed by atoms with Gasteiger partial charge < -0.3 is 4.90 Å². The SMILES string of the molecule is CC1CCN(C(=O)c2ccc(N3C(=O)C(C)CS3(=O)=O)cc2Cl)CC1. The third kappa shape index (κ3) is 3.40. The molecule has 6 nitrogen and oxygen atoms in total. The van der Waals surface area contributed by atoms with Crippen LogP contribution in [0.3, 0.4) is 0 Å². The molecule has 3 rings (SSSR count). The monoisotopic (exact) mass is 384 g/mol. The van der Waals surface area contributed by atoms with Gasteiger partial charge in [0.1, 0.15) is 0 Å². The summed E-state index contributed by atoms with van der Waals surface area (Å²) in [6.07, 6.45) is 1.92. The van der Waals surface area contributed by atoms with Crippen molar-refractivity contribution < 1.29 is 18.0 Å². The number of nitrogens with zero attached hydrogens (tertiary/aromatic N) is 2. The zero-order chi connectivity index (χ0) is 18.4. The van der Waals surface area contributed by atoms with Gasteiger partial charge in [0.25, 0.3) is 5.91 Å². The third-order valence-electron chi connectivity index (χ3n) is 4.85. The lowest BCUT2D eigenvalue weighted by Gasteiger charge is -2.30. The predicted octanol–water partition coefficient (Wildman–Crippen LogP) is 2.52. The number of carbonyl (C=O) groups is 2. The number of halogens is 1. The summed E-state index contributed by atoms with van der Waals surface area (Å²) in [5, 5.41) is 0.156. The van der Waals surface area contributed by atoms with E-state index >= 15 is 0 Å². The zero-order valence-corrected chi connectivity index (χ0v) is 15.8. The molecule has 25 heavy (non-hydrogen) atoms. The molecular weight excluding hydrogens is 364 g/mol. The van der Waals surface area contributed by atoms with Crippen molar-refractivity contribution in [1.29, 1.82) is 0 Å². The number of anilines is 1. The van der Waals surface area contributed by atoms with Crippen LogP contribution in [0.25, 0.3) is 0 Å². The summed E-state index contributed by atoms with van der Waals surface area (Å²) < 4.78 is 25.1. The van der Waals surface area contributed by atoms with Gasteiger partial charge in [0.2, 0.25) is 15.9 Å². The second-order valence-corrected chi connectivity index (χ2v) is 9.19. The van der Waals surface area contributed by atoms with Crippen LogP contribution in [0.5, 0.6) is 0 Å². The molecule has 2 aliphatic heterocycles. The van der Waals surface area contributed by atoms with Gasteiger partial charge in [-0.3, -0.25) is 9.59 Å². The maximum absolute atomic E-state index is 12.6. The highest BCUT2D eigenvalue weighted by atomic mass is 35.5. The van der Waals surface area contributed by atoms with Gasteiger partial charge in [-0.05, 0) is 37.0 Å². The first-order chi connectivity index (χ1) is 11.7. The number of rotatable bonds is 2. The fourth-order valence-corrected chi connectivity index (χ4v) is 5.34. The highest BCUT2D eigenvalue weighted by Gasteiger charge is 2.42. The van der Waals surface area contributed by atoms with Crippen LogP contribution in [0.1, 0.15) is 37.0 Å². The van der Waals surface area contributed by atoms with Crippen LogP contribution >= 0.6 is 11.6 Å². The molecule has 2 heterocycles. The average Bonchev–Trinajstić information content (AvgIpc) is 2.75. The normalized spacial score (nSPS) is 24.0. The van der Waals surface area contributed by atoms with Gasteiger partial charge in [0.05, 0.1) is 27.9 Å². The van der Waals surface area contributed by atoms with Gasteiger partial charge in [-0.1, -0.05) is 25.4 Å². The maximum atomic E-state index is 12.6. The quantitative estimate of drug-likeness (QED) is 0.785. The molecule has 1 atom stereocenters. The van der Waals surface area contributed by atoms with Crippen LogP contribution in [0.4, 0.5) is 5.69 Å². The standard InChI is InChI=1S/C17H21ClN2O4S/c1-11-5-7-19(8-6-11)17(22)14-4-3-13(9-15(14)18)20-16(21)12(2)10-25(20,23)24/h3-4,9,11-12H,5-8,10H2,1-2H3. The molecule has 2 aliphatic rings. The summed E-state index contributed by atoms with van der Waals surface area (Å²) in [7, 11) is -3.69. The summed E-state index contributed by atoms with van der Waals surface area (Å²) >= 11 is 6.25. The lowest BCUT2D eigenvalue weighted by Crippen LogP contribution is -2.38. The number of benzene rings is 1. The second kappa shape index (κ2) is 6.61. The van der Waals surface area contributed by atoms with Crippen LogP contribution in [-0.2, 0) is 14.8 Å². The Bertz CT molecular complexity index is 816. The maximum Gasteiger partial charge on any atom is 0.255 e. The van der Waals surface area contributed by atoms with Crippen LogP contribution in [0, 0.1) is 11.8 Å². The summed E-state index contributed by atoms with van der Waals surface area (Å²) in [5.41, 5.74) is 0.514. The van der Waals surface area contributed by atoms with Crippen molar-refractivity contribution in [3.63, 3.8) is 0 Å². The van der Waals surface area contributed by atoms with Crippen LogP contribution in [-0.4, -0.2) is 44.0 Å². The first-order valence-corrected chi connectivity index (χ1v) is 10.3. The molecule has 2 amide bonds. The Morgan fingerprint density at radius 2 is 1.84 bits per heavy atom. The van der Waals surface area contributed by atoms with Crippen LogP contribution in [0.15, 0.2) is 18.2 Å². The minimum absolute atomic E-state index is 0.156. The molecule has 0 aromatic heterocycles. The highest BCUT2D eigenvalue weighted by Crippen LogP contribution is 2.32. The number of hydrogen-bond donors (Lipinski definition) is 0. The smallest absolute Gasteiger partial charge is 0.255 e. The summed E-state index contributed by atoms with van der Waals surface area (Å²) in [4.78, 5) is 26.6. The van der Waals surface area contributed by atoms with Crippen molar-refractivity contribution in [2.45, 2.75) is 26.7 Å². The number of piperidine rings is 1. The van der Waals surface area contributed by atoms with E-state index in [1.807, 2.05) is 0 Å². The van der Waals surface area contributed by atoms with E-state index in [1.165, 1.54) is 18.2 Å². The molecule has 0 N–H and O–H groups in total. The number of hydrogen-bond acceptors (Lipinski definition) is 4. The van der Waals surface area contributed by atoms with E-state index < -0.39 is 21.8 Å². The van der Waals surface area contributed by atoms with Gasteiger partial charge in [0.15, 0.2) is 0 Å². The largest absolute Gasteiger partial charge is 0.339 e. The molecule has 0 spiro atoms. The summed E-state index contributed by atoms with van der Waals surface area (Å²) in [6, 6.07) is 4.36. The Labute approximate surface area is 152 Å². The summed E-state index contributed by atoms with van der Waals surface area (Å²) in [5.74, 6) is -0.820. The average molecular weight is 385 g/mol. The molecule has 1 aromatic carbocycles. The fourth-order valence-electron chi connectivity index (χ4n) is 3.27. The van der Waals surface area contributed by atoms with Gasteiger partial charge in [0, 0.05) is 13.1 Å². The molecule has 0 radical (unpaired) electrons. The molecule has 1 aromatic rings. The molecular formula is C17H21ClN2O4S. The van der Waals surface area contributed by atoms with Gasteiger partial charge in [-0.15, -0.1) is 0 Å². The molecule has 2 fully saturated rings. The van der Waals surface area contributed by atoms with E-state index in [2.05, 4.69) is 6.92 Å². The molecule has 136 valence electrons. The van der Waals surface area contributed by atoms with E-state index in [-0.39, 0.29) is 22.4 Å². The molecule has 1 unspecified atom stereocenters. The van der Waals surface area contributed by atoms with Crippen molar-refractivity contribution in [2.24, 2.45) is 11.8 Å². The Hall–Kier alpha value is -1.60. The lowest BCUT2D eigenvalue weighted by atomic mass is 9.98. The van der Waals surface area contributed by atoms with Crippen molar-refractivity contribution >= 4 is 39.1 Å². The van der Waals surface area contributed by atoms with Gasteiger partial charge >= 0.3 is 0 Å². The second-order valence-electron chi connectivity index (χ2n) is 6.92. The summed E-state index contributed by atoms with van der Waals surface area (Å²) in [6.45, 7) is 5.12. The van der Waals surface area contributed by atoms with Gasteiger partial charge in [-0.2, -0.15) is 0 Å². The third-order valence-corrected chi connectivity index (χ3v) is 7.03. The van der Waals surface area contributed by atoms with E-state index in [0.717, 1.165) is 17.1 Å². The Morgan fingerprint density at radius 3 is 2.36 bits per heavy atom. The lowest BCUT2D eigenvalue weighted by molar-refractivity contribution is -0.119. The van der Waals surface area contributed by atoms with E-state index in [9.17, 15) is 18.0 Å². The number of likely N-dealkylation sites (tertiary alicyclic amines) is 1. The Kier molecular flexibility index (Phi) is 4.81. The van der Waals surface area contributed by atoms with E-state index in [4.69, 9.17) is 11.6 Å². The van der Waals surface area contributed by atoms with Crippen molar-refractivity contribution in [1.82, 2.24) is 4.90 Å². The van der Waals surface area contributed by atoms with Crippen LogP contribution in [0.2, 0.25) is 5.02 Å². The van der Waals surface area contributed by atoms with Crippen molar-refractivity contribution in [2.75, 3.05) is 23.1 Å². The molecule has 0 aliphatic carbocycles. The highest BCUT2D eigenvalue weighted by molar-refractivity contribution is 7.94. The zero-order valence-electron chi connectivity index (χ0n) is 14.2. The number of amides is 2.